The van der Waals surface area contributed by atoms with E-state index in [1.807, 2.05) is 30.3 Å². The van der Waals surface area contributed by atoms with Crippen LogP contribution in [-0.2, 0) is 14.3 Å². The lowest BCUT2D eigenvalue weighted by molar-refractivity contribution is -0.127. The summed E-state index contributed by atoms with van der Waals surface area (Å²) in [6, 6.07) is 13.0. The van der Waals surface area contributed by atoms with E-state index in [-0.39, 0.29) is 11.8 Å². The molecule has 7 nitrogen and oxygen atoms in total. The number of carbonyl (C=O) groups excluding carboxylic acids is 2. The van der Waals surface area contributed by atoms with Crippen LogP contribution in [0, 0.1) is 0 Å². The van der Waals surface area contributed by atoms with E-state index < -0.39 is 6.10 Å². The van der Waals surface area contributed by atoms with E-state index in [0.29, 0.717) is 44.1 Å². The van der Waals surface area contributed by atoms with E-state index in [4.69, 9.17) is 9.47 Å². The molecule has 148 valence electrons. The third-order valence-corrected chi connectivity index (χ3v) is 4.48. The normalized spacial score (nSPS) is 15.7. The molecule has 0 saturated carbocycles. The molecule has 0 aliphatic carbocycles. The lowest BCUT2D eigenvalue weighted by atomic mass is 10.1. The zero-order valence-corrected chi connectivity index (χ0v) is 16.0. The number of amides is 2. The summed E-state index contributed by atoms with van der Waals surface area (Å²) in [5.41, 5.74) is 0.794. The number of pyridine rings is 1. The summed E-state index contributed by atoms with van der Waals surface area (Å²) in [6.45, 7) is 1.61. The van der Waals surface area contributed by atoms with Gasteiger partial charge in [-0.1, -0.05) is 30.3 Å². The number of benzene rings is 1. The number of carbonyl (C=O) groups is 2. The van der Waals surface area contributed by atoms with E-state index in [1.165, 1.54) is 0 Å². The number of anilines is 1. The molecule has 1 atom stereocenters. The number of ether oxygens (including phenoxy) is 2. The maximum absolute atomic E-state index is 13.1. The first-order valence-corrected chi connectivity index (χ1v) is 9.44. The minimum Gasteiger partial charge on any atom is -0.472 e. The third kappa shape index (κ3) is 4.86. The largest absolute Gasteiger partial charge is 0.472 e. The molecule has 0 unspecified atom stereocenters. The molecule has 1 aromatic carbocycles. The van der Waals surface area contributed by atoms with Crippen LogP contribution in [-0.4, -0.2) is 43.6 Å². The first-order valence-electron chi connectivity index (χ1n) is 9.44. The number of hydrogen-bond acceptors (Lipinski definition) is 5. The zero-order valence-electron chi connectivity index (χ0n) is 16.0. The molecule has 28 heavy (non-hydrogen) atoms. The summed E-state index contributed by atoms with van der Waals surface area (Å²) in [4.78, 5) is 31.0. The van der Waals surface area contributed by atoms with Gasteiger partial charge in [0.2, 0.25) is 12.0 Å². The molecular weight excluding hydrogens is 358 g/mol. The van der Waals surface area contributed by atoms with E-state index in [0.717, 1.165) is 12.0 Å². The molecule has 0 fully saturated rings. The zero-order chi connectivity index (χ0) is 19.8. The number of hydrogen-bond donors (Lipinski definition) is 1. The predicted molar refractivity (Wildman–Crippen MR) is 105 cm³/mol. The van der Waals surface area contributed by atoms with Gasteiger partial charge in [-0.25, -0.2) is 4.98 Å². The topological polar surface area (TPSA) is 80.8 Å². The van der Waals surface area contributed by atoms with Crippen LogP contribution in [0.25, 0.3) is 0 Å². The van der Waals surface area contributed by atoms with Crippen molar-refractivity contribution >= 4 is 17.6 Å². The maximum Gasteiger partial charge on any atom is 0.274 e. The Morgan fingerprint density at radius 2 is 2.04 bits per heavy atom. The first-order chi connectivity index (χ1) is 13.7. The Bertz CT molecular complexity index is 797. The van der Waals surface area contributed by atoms with Crippen molar-refractivity contribution in [1.29, 1.82) is 0 Å². The lowest BCUT2D eigenvalue weighted by Crippen LogP contribution is -2.42. The lowest BCUT2D eigenvalue weighted by Gasteiger charge is -2.33. The molecule has 2 heterocycles. The molecule has 0 bridgehead atoms. The molecule has 2 aromatic rings. The van der Waals surface area contributed by atoms with Gasteiger partial charge in [-0.05, 0) is 25.0 Å². The smallest absolute Gasteiger partial charge is 0.274 e. The SMILES string of the molecule is COCCCNC(=O)CCCN1C(=O)[C@@H](c2ccccc2)Oc2cccnc21. The summed E-state index contributed by atoms with van der Waals surface area (Å²) in [5.74, 6) is 0.871. The minimum atomic E-state index is -0.708. The Hall–Kier alpha value is -2.93. The predicted octanol–water partition coefficient (Wildman–Crippen LogP) is 2.48. The highest BCUT2D eigenvalue weighted by molar-refractivity contribution is 5.99. The van der Waals surface area contributed by atoms with Gasteiger partial charge in [0.15, 0.2) is 11.6 Å². The average Bonchev–Trinajstić information content (AvgIpc) is 2.73. The van der Waals surface area contributed by atoms with Crippen molar-refractivity contribution in [2.24, 2.45) is 0 Å². The van der Waals surface area contributed by atoms with E-state index >= 15 is 0 Å². The fraction of sp³-hybridized carbons (Fsp3) is 0.381. The van der Waals surface area contributed by atoms with Crippen molar-refractivity contribution < 1.29 is 19.1 Å². The second-order valence-electron chi connectivity index (χ2n) is 6.52. The number of methoxy groups -OCH3 is 1. The van der Waals surface area contributed by atoms with Crippen LogP contribution in [0.3, 0.4) is 0 Å². The fourth-order valence-electron chi connectivity index (χ4n) is 3.09. The van der Waals surface area contributed by atoms with Gasteiger partial charge in [0.1, 0.15) is 0 Å². The highest BCUT2D eigenvalue weighted by atomic mass is 16.5. The number of nitrogens with one attached hydrogen (secondary N) is 1. The summed E-state index contributed by atoms with van der Waals surface area (Å²) >= 11 is 0. The highest BCUT2D eigenvalue weighted by Gasteiger charge is 2.36. The standard InChI is InChI=1S/C21H25N3O4/c1-27-15-7-13-22-18(25)11-6-14-24-20-17(10-5-12-23-20)28-19(21(24)26)16-8-3-2-4-9-16/h2-5,8-10,12,19H,6-7,11,13-15H2,1H3,(H,22,25)/t19-/m1/s1. The quantitative estimate of drug-likeness (QED) is 0.673. The van der Waals surface area contributed by atoms with Gasteiger partial charge < -0.3 is 14.8 Å². The molecule has 1 aliphatic rings. The minimum absolute atomic E-state index is 0.0299. The maximum atomic E-state index is 13.1. The molecule has 0 spiro atoms. The van der Waals surface area contributed by atoms with Crippen molar-refractivity contribution in [3.8, 4) is 5.75 Å². The van der Waals surface area contributed by atoms with Gasteiger partial charge in [0, 0.05) is 45.0 Å². The summed E-state index contributed by atoms with van der Waals surface area (Å²) in [5, 5.41) is 2.86. The number of rotatable bonds is 9. The first kappa shape index (κ1) is 19.8. The van der Waals surface area contributed by atoms with Crippen LogP contribution in [0.5, 0.6) is 5.75 Å². The van der Waals surface area contributed by atoms with Crippen LogP contribution < -0.4 is 15.0 Å². The molecule has 7 heteroatoms. The molecule has 1 aliphatic heterocycles. The van der Waals surface area contributed by atoms with Crippen LogP contribution in [0.2, 0.25) is 0 Å². The highest BCUT2D eigenvalue weighted by Crippen LogP contribution is 2.37. The Balaban J connectivity index is 1.64. The van der Waals surface area contributed by atoms with Crippen LogP contribution in [0.4, 0.5) is 5.82 Å². The monoisotopic (exact) mass is 383 g/mol. The van der Waals surface area contributed by atoms with Crippen molar-refractivity contribution in [1.82, 2.24) is 10.3 Å². The molecule has 1 N–H and O–H groups in total. The van der Waals surface area contributed by atoms with Gasteiger partial charge in [-0.3, -0.25) is 14.5 Å². The van der Waals surface area contributed by atoms with E-state index in [2.05, 4.69) is 10.3 Å². The molecule has 0 saturated heterocycles. The summed E-state index contributed by atoms with van der Waals surface area (Å²) in [7, 11) is 1.63. The number of fused-ring (bicyclic) bond motifs is 1. The molecule has 0 radical (unpaired) electrons. The summed E-state index contributed by atoms with van der Waals surface area (Å²) in [6.07, 6.45) is 2.59. The van der Waals surface area contributed by atoms with Gasteiger partial charge >= 0.3 is 0 Å². The second kappa shape index (κ2) is 9.85. The van der Waals surface area contributed by atoms with Crippen LogP contribution >= 0.6 is 0 Å². The van der Waals surface area contributed by atoms with Gasteiger partial charge in [-0.2, -0.15) is 0 Å². The third-order valence-electron chi connectivity index (χ3n) is 4.48. The molecule has 2 amide bonds. The van der Waals surface area contributed by atoms with Crippen LogP contribution in [0.1, 0.15) is 30.9 Å². The summed E-state index contributed by atoms with van der Waals surface area (Å²) < 4.78 is 10.9. The molecule has 1 aromatic heterocycles. The fourth-order valence-corrected chi connectivity index (χ4v) is 3.09. The van der Waals surface area contributed by atoms with Crippen molar-refractivity contribution in [2.75, 3.05) is 31.7 Å². The Morgan fingerprint density at radius 3 is 2.82 bits per heavy atom. The Kier molecular flexibility index (Phi) is 6.97. The molecule has 3 rings (SSSR count). The van der Waals surface area contributed by atoms with Gasteiger partial charge in [-0.15, -0.1) is 0 Å². The second-order valence-corrected chi connectivity index (χ2v) is 6.52. The van der Waals surface area contributed by atoms with E-state index in [9.17, 15) is 9.59 Å². The Labute approximate surface area is 164 Å². The molecular formula is C21H25N3O4. The van der Waals surface area contributed by atoms with E-state index in [1.54, 1.807) is 30.3 Å². The van der Waals surface area contributed by atoms with Crippen molar-refractivity contribution in [3.63, 3.8) is 0 Å². The Morgan fingerprint density at radius 1 is 1.21 bits per heavy atom. The van der Waals surface area contributed by atoms with Crippen molar-refractivity contribution in [2.45, 2.75) is 25.4 Å². The average molecular weight is 383 g/mol. The number of aromatic nitrogens is 1. The van der Waals surface area contributed by atoms with Crippen molar-refractivity contribution in [3.05, 3.63) is 54.2 Å². The van der Waals surface area contributed by atoms with Gasteiger partial charge in [0.05, 0.1) is 0 Å². The van der Waals surface area contributed by atoms with Crippen LogP contribution in [0.15, 0.2) is 48.7 Å². The van der Waals surface area contributed by atoms with Gasteiger partial charge in [0.25, 0.3) is 5.91 Å². The number of nitrogens with zero attached hydrogens (tertiary/aromatic N) is 2.